The lowest BCUT2D eigenvalue weighted by Gasteiger charge is -2.09. The molecule has 2 aromatic carbocycles. The summed E-state index contributed by atoms with van der Waals surface area (Å²) in [7, 11) is -0.389. The highest BCUT2D eigenvalue weighted by Crippen LogP contribution is 2.22. The number of benzene rings is 2. The first-order chi connectivity index (χ1) is 6.70. The molecule has 2 heteroatoms. The molecule has 0 saturated heterocycles. The predicted molar refractivity (Wildman–Crippen MR) is 68.8 cm³/mol. The molecule has 2 rings (SSSR count). The first-order valence-electron chi connectivity index (χ1n) is 4.68. The molecule has 0 aliphatic carbocycles. The highest BCUT2D eigenvalue weighted by atomic mass is 79.9. The molecule has 1 radical (unpaired) electrons. The molecule has 0 saturated carbocycles. The van der Waals surface area contributed by atoms with Gasteiger partial charge < -0.3 is 0 Å². The van der Waals surface area contributed by atoms with Crippen molar-refractivity contribution in [3.8, 4) is 0 Å². The molecular formula is C12H12BrSi. The third-order valence-corrected chi connectivity index (χ3v) is 4.55. The lowest BCUT2D eigenvalue weighted by Crippen LogP contribution is -2.23. The van der Waals surface area contributed by atoms with E-state index in [1.54, 1.807) is 0 Å². The van der Waals surface area contributed by atoms with Crippen molar-refractivity contribution in [1.29, 1.82) is 0 Å². The maximum Gasteiger partial charge on any atom is 0.0800 e. The number of hydrogen-bond donors (Lipinski definition) is 0. The summed E-state index contributed by atoms with van der Waals surface area (Å²) in [6, 6.07) is 13.0. The van der Waals surface area contributed by atoms with Crippen molar-refractivity contribution in [3.63, 3.8) is 0 Å². The zero-order chi connectivity index (χ0) is 10.1. The minimum atomic E-state index is -0.389. The van der Waals surface area contributed by atoms with E-state index >= 15 is 0 Å². The van der Waals surface area contributed by atoms with Crippen LogP contribution >= 0.6 is 15.9 Å². The van der Waals surface area contributed by atoms with Gasteiger partial charge in [0.25, 0.3) is 0 Å². The van der Waals surface area contributed by atoms with Gasteiger partial charge in [0.05, 0.1) is 8.80 Å². The van der Waals surface area contributed by atoms with Crippen LogP contribution in [0.2, 0.25) is 13.1 Å². The molecule has 0 heterocycles. The predicted octanol–water partition coefficient (Wildman–Crippen LogP) is 3.56. The summed E-state index contributed by atoms with van der Waals surface area (Å²) in [5.41, 5.74) is 0. The number of halogens is 1. The fourth-order valence-electron chi connectivity index (χ4n) is 1.71. The van der Waals surface area contributed by atoms with E-state index in [2.05, 4.69) is 65.4 Å². The fourth-order valence-corrected chi connectivity index (χ4v) is 3.70. The van der Waals surface area contributed by atoms with Crippen LogP contribution in [0, 0.1) is 0 Å². The van der Waals surface area contributed by atoms with E-state index in [9.17, 15) is 0 Å². The lowest BCUT2D eigenvalue weighted by atomic mass is 10.1. The summed E-state index contributed by atoms with van der Waals surface area (Å²) in [4.78, 5) is 0. The zero-order valence-corrected chi connectivity index (χ0v) is 10.9. The molecule has 0 N–H and O–H groups in total. The van der Waals surface area contributed by atoms with Crippen LogP contribution < -0.4 is 5.19 Å². The summed E-state index contributed by atoms with van der Waals surface area (Å²) in [5, 5.41) is 4.25. The number of fused-ring (bicyclic) bond motifs is 1. The highest BCUT2D eigenvalue weighted by molar-refractivity contribution is 9.10. The standard InChI is InChI=1S/C12H12BrSi/c1-14(2)11-8-4-6-9-5-3-7-10(13)12(9)11/h3-8H,1-2H3. The molecule has 0 nitrogen and oxygen atoms in total. The third kappa shape index (κ3) is 1.64. The molecule has 0 aromatic heterocycles. The molecule has 0 fully saturated rings. The first-order valence-corrected chi connectivity index (χ1v) is 7.97. The summed E-state index contributed by atoms with van der Waals surface area (Å²) < 4.78 is 1.22. The zero-order valence-electron chi connectivity index (χ0n) is 8.34. The summed E-state index contributed by atoms with van der Waals surface area (Å²) in [6.07, 6.45) is 0. The second-order valence-electron chi connectivity index (χ2n) is 3.64. The molecule has 0 amide bonds. The average molecular weight is 264 g/mol. The van der Waals surface area contributed by atoms with Gasteiger partial charge >= 0.3 is 0 Å². The molecule has 14 heavy (non-hydrogen) atoms. The molecule has 0 spiro atoms. The summed E-state index contributed by atoms with van der Waals surface area (Å²) in [5.74, 6) is 0. The topological polar surface area (TPSA) is 0 Å². The monoisotopic (exact) mass is 263 g/mol. The van der Waals surface area contributed by atoms with Crippen LogP contribution in [0.1, 0.15) is 0 Å². The van der Waals surface area contributed by atoms with Crippen molar-refractivity contribution in [2.75, 3.05) is 0 Å². The Morgan fingerprint density at radius 1 is 1.00 bits per heavy atom. The van der Waals surface area contributed by atoms with Crippen molar-refractivity contribution in [2.24, 2.45) is 0 Å². The summed E-state index contributed by atoms with van der Waals surface area (Å²) in [6.45, 7) is 4.66. The van der Waals surface area contributed by atoms with E-state index in [1.165, 1.54) is 20.4 Å². The Bertz CT molecular complexity index is 458. The minimum Gasteiger partial charge on any atom is -0.0671 e. The number of rotatable bonds is 1. The van der Waals surface area contributed by atoms with Crippen LogP contribution in [0.5, 0.6) is 0 Å². The van der Waals surface area contributed by atoms with Crippen LogP contribution in [-0.2, 0) is 0 Å². The van der Waals surface area contributed by atoms with Crippen molar-refractivity contribution in [1.82, 2.24) is 0 Å². The van der Waals surface area contributed by atoms with Crippen LogP contribution in [0.4, 0.5) is 0 Å². The van der Waals surface area contributed by atoms with Gasteiger partial charge in [-0.25, -0.2) is 0 Å². The molecule has 0 aliphatic rings. The van der Waals surface area contributed by atoms with E-state index < -0.39 is 0 Å². The molecule has 0 unspecified atom stereocenters. The first kappa shape index (κ1) is 9.93. The van der Waals surface area contributed by atoms with Crippen LogP contribution in [-0.4, -0.2) is 8.80 Å². The largest absolute Gasteiger partial charge is 0.0800 e. The van der Waals surface area contributed by atoms with Gasteiger partial charge in [-0.2, -0.15) is 0 Å². The second kappa shape index (κ2) is 3.87. The Balaban J connectivity index is 2.84. The maximum atomic E-state index is 3.63. The van der Waals surface area contributed by atoms with Crippen LogP contribution in [0.3, 0.4) is 0 Å². The third-order valence-electron chi connectivity index (χ3n) is 2.39. The Morgan fingerprint density at radius 3 is 2.29 bits per heavy atom. The normalized spacial score (nSPS) is 11.1. The van der Waals surface area contributed by atoms with Crippen molar-refractivity contribution in [2.45, 2.75) is 13.1 Å². The minimum absolute atomic E-state index is 0.389. The SMILES string of the molecule is C[Si](C)c1cccc2cccc(Br)c12. The van der Waals surface area contributed by atoms with E-state index in [0.29, 0.717) is 0 Å². The van der Waals surface area contributed by atoms with Gasteiger partial charge in [-0.1, -0.05) is 64.5 Å². The molecule has 0 aliphatic heterocycles. The van der Waals surface area contributed by atoms with E-state index in [1.807, 2.05) is 0 Å². The molecule has 0 bridgehead atoms. The van der Waals surface area contributed by atoms with Gasteiger partial charge in [0.1, 0.15) is 0 Å². The lowest BCUT2D eigenvalue weighted by molar-refractivity contribution is 1.72. The van der Waals surface area contributed by atoms with E-state index in [4.69, 9.17) is 0 Å². The van der Waals surface area contributed by atoms with Gasteiger partial charge in [0, 0.05) is 4.47 Å². The molecule has 71 valence electrons. The van der Waals surface area contributed by atoms with Gasteiger partial charge in [-0.15, -0.1) is 0 Å². The smallest absolute Gasteiger partial charge is 0.0671 e. The van der Waals surface area contributed by atoms with Crippen molar-refractivity contribution in [3.05, 3.63) is 40.9 Å². The van der Waals surface area contributed by atoms with E-state index in [-0.39, 0.29) is 8.80 Å². The average Bonchev–Trinajstić information content (AvgIpc) is 2.17. The molecular weight excluding hydrogens is 252 g/mol. The quantitative estimate of drug-likeness (QED) is 0.691. The van der Waals surface area contributed by atoms with E-state index in [0.717, 1.165) is 0 Å². The molecule has 2 aromatic rings. The van der Waals surface area contributed by atoms with Crippen molar-refractivity contribution < 1.29 is 0 Å². The van der Waals surface area contributed by atoms with Gasteiger partial charge in [0.2, 0.25) is 0 Å². The van der Waals surface area contributed by atoms with Gasteiger partial charge in [0.15, 0.2) is 0 Å². The van der Waals surface area contributed by atoms with Crippen molar-refractivity contribution >= 4 is 40.7 Å². The highest BCUT2D eigenvalue weighted by Gasteiger charge is 2.07. The Hall–Kier alpha value is -0.603. The molecule has 0 atom stereocenters. The van der Waals surface area contributed by atoms with Crippen LogP contribution in [0.25, 0.3) is 10.8 Å². The number of hydrogen-bond acceptors (Lipinski definition) is 0. The Morgan fingerprint density at radius 2 is 1.64 bits per heavy atom. The maximum absolute atomic E-state index is 3.63. The van der Waals surface area contributed by atoms with Crippen LogP contribution in [0.15, 0.2) is 40.9 Å². The second-order valence-corrected chi connectivity index (χ2v) is 7.04. The summed E-state index contributed by atoms with van der Waals surface area (Å²) >= 11 is 3.63. The Labute approximate surface area is 94.7 Å². The Kier molecular flexibility index (Phi) is 2.75. The van der Waals surface area contributed by atoms with Gasteiger partial charge in [-0.3, -0.25) is 0 Å². The van der Waals surface area contributed by atoms with Gasteiger partial charge in [-0.05, 0) is 16.8 Å². The fraction of sp³-hybridized carbons (Fsp3) is 0.167.